The topological polar surface area (TPSA) is 90.9 Å². The third-order valence-corrected chi connectivity index (χ3v) is 3.38. The van der Waals surface area contributed by atoms with E-state index in [0.29, 0.717) is 6.42 Å². The number of pyridine rings is 1. The standard InChI is InChI=1S/C17H13FN4O2/c18-13-3-1-2-11(9-13)8-12-4-6-15(20-10-12)22-16(23)7-5-14(21-22)17(19)24/h1-7,9-10H,8H2,(H2,19,24). The lowest BCUT2D eigenvalue weighted by atomic mass is 10.1. The van der Waals surface area contributed by atoms with Crippen LogP contribution in [0.25, 0.3) is 5.82 Å². The first-order valence-electron chi connectivity index (χ1n) is 7.13. The van der Waals surface area contributed by atoms with Crippen LogP contribution in [-0.4, -0.2) is 20.7 Å². The SMILES string of the molecule is NC(=O)c1ccc(=O)n(-c2ccc(Cc3cccc(F)c3)cn2)n1. The first kappa shape index (κ1) is 15.5. The molecule has 0 saturated carbocycles. The number of benzene rings is 1. The molecule has 120 valence electrons. The Morgan fingerprint density at radius 3 is 2.62 bits per heavy atom. The van der Waals surface area contributed by atoms with E-state index in [1.165, 1.54) is 24.3 Å². The van der Waals surface area contributed by atoms with Gasteiger partial charge in [0.15, 0.2) is 5.82 Å². The molecule has 0 aliphatic carbocycles. The maximum atomic E-state index is 13.2. The third-order valence-electron chi connectivity index (χ3n) is 3.38. The van der Waals surface area contributed by atoms with Crippen molar-refractivity contribution < 1.29 is 9.18 Å². The number of carbonyl (C=O) groups is 1. The van der Waals surface area contributed by atoms with Gasteiger partial charge in [0.05, 0.1) is 0 Å². The lowest BCUT2D eigenvalue weighted by Gasteiger charge is -2.06. The summed E-state index contributed by atoms with van der Waals surface area (Å²) in [6.45, 7) is 0. The van der Waals surface area contributed by atoms with Crippen molar-refractivity contribution in [2.24, 2.45) is 5.73 Å². The van der Waals surface area contributed by atoms with Crippen molar-refractivity contribution in [1.82, 2.24) is 14.8 Å². The zero-order valence-corrected chi connectivity index (χ0v) is 12.5. The number of hydrogen-bond donors (Lipinski definition) is 1. The van der Waals surface area contributed by atoms with Crippen molar-refractivity contribution >= 4 is 5.91 Å². The molecule has 1 aromatic carbocycles. The Morgan fingerprint density at radius 2 is 1.96 bits per heavy atom. The van der Waals surface area contributed by atoms with Crippen molar-refractivity contribution in [3.8, 4) is 5.82 Å². The van der Waals surface area contributed by atoms with Gasteiger partial charge in [-0.25, -0.2) is 9.37 Å². The number of aromatic nitrogens is 3. The lowest BCUT2D eigenvalue weighted by Crippen LogP contribution is -2.25. The monoisotopic (exact) mass is 324 g/mol. The van der Waals surface area contributed by atoms with E-state index in [4.69, 9.17) is 5.73 Å². The summed E-state index contributed by atoms with van der Waals surface area (Å²) in [7, 11) is 0. The number of carbonyl (C=O) groups excluding carboxylic acids is 1. The molecule has 0 unspecified atom stereocenters. The number of halogens is 1. The molecule has 7 heteroatoms. The second-order valence-electron chi connectivity index (χ2n) is 5.16. The Kier molecular flexibility index (Phi) is 4.15. The maximum absolute atomic E-state index is 13.2. The molecule has 0 spiro atoms. The van der Waals surface area contributed by atoms with E-state index < -0.39 is 11.5 Å². The van der Waals surface area contributed by atoms with E-state index in [1.54, 1.807) is 24.4 Å². The fourth-order valence-electron chi connectivity index (χ4n) is 2.24. The van der Waals surface area contributed by atoms with Gasteiger partial charge < -0.3 is 5.73 Å². The highest BCUT2D eigenvalue weighted by atomic mass is 19.1. The molecule has 0 atom stereocenters. The van der Waals surface area contributed by atoms with Crippen LogP contribution in [0, 0.1) is 5.82 Å². The number of nitrogens with two attached hydrogens (primary N) is 1. The van der Waals surface area contributed by atoms with Crippen molar-refractivity contribution in [3.05, 3.63) is 87.7 Å². The molecule has 0 aliphatic rings. The largest absolute Gasteiger partial charge is 0.364 e. The van der Waals surface area contributed by atoms with E-state index in [1.807, 2.05) is 6.07 Å². The Morgan fingerprint density at radius 1 is 1.12 bits per heavy atom. The van der Waals surface area contributed by atoms with Crippen LogP contribution in [0.5, 0.6) is 0 Å². The summed E-state index contributed by atoms with van der Waals surface area (Å²) < 4.78 is 14.2. The van der Waals surface area contributed by atoms with Gasteiger partial charge in [-0.05, 0) is 41.8 Å². The summed E-state index contributed by atoms with van der Waals surface area (Å²) in [6, 6.07) is 12.1. The van der Waals surface area contributed by atoms with Crippen LogP contribution < -0.4 is 11.3 Å². The molecule has 0 aliphatic heterocycles. The average molecular weight is 324 g/mol. The molecule has 2 aromatic heterocycles. The van der Waals surface area contributed by atoms with Crippen LogP contribution in [0.3, 0.4) is 0 Å². The highest BCUT2D eigenvalue weighted by molar-refractivity contribution is 5.90. The number of hydrogen-bond acceptors (Lipinski definition) is 4. The van der Waals surface area contributed by atoms with Crippen LogP contribution in [0.1, 0.15) is 21.6 Å². The highest BCUT2D eigenvalue weighted by Crippen LogP contribution is 2.11. The Labute approximate surface area is 136 Å². The first-order valence-corrected chi connectivity index (χ1v) is 7.13. The van der Waals surface area contributed by atoms with Gasteiger partial charge in [-0.15, -0.1) is 0 Å². The van der Waals surface area contributed by atoms with Gasteiger partial charge in [-0.1, -0.05) is 18.2 Å². The van der Waals surface area contributed by atoms with Crippen LogP contribution in [0.15, 0.2) is 59.5 Å². The zero-order chi connectivity index (χ0) is 17.1. The molecule has 0 bridgehead atoms. The Bertz CT molecular complexity index is 951. The van der Waals surface area contributed by atoms with Crippen molar-refractivity contribution in [3.63, 3.8) is 0 Å². The summed E-state index contributed by atoms with van der Waals surface area (Å²) in [5, 5.41) is 3.88. The summed E-state index contributed by atoms with van der Waals surface area (Å²) in [6.07, 6.45) is 2.08. The molecule has 2 N–H and O–H groups in total. The molecule has 3 rings (SSSR count). The third kappa shape index (κ3) is 3.35. The van der Waals surface area contributed by atoms with Gasteiger partial charge in [0.1, 0.15) is 11.5 Å². The van der Waals surface area contributed by atoms with Crippen molar-refractivity contribution in [2.75, 3.05) is 0 Å². The molecule has 0 saturated heterocycles. The van der Waals surface area contributed by atoms with Gasteiger partial charge in [0.2, 0.25) is 0 Å². The van der Waals surface area contributed by atoms with E-state index in [-0.39, 0.29) is 17.3 Å². The molecule has 6 nitrogen and oxygen atoms in total. The number of nitrogens with zero attached hydrogens (tertiary/aromatic N) is 3. The van der Waals surface area contributed by atoms with Crippen LogP contribution in [0.4, 0.5) is 4.39 Å². The van der Waals surface area contributed by atoms with E-state index >= 15 is 0 Å². The Balaban J connectivity index is 1.88. The van der Waals surface area contributed by atoms with E-state index in [9.17, 15) is 14.0 Å². The predicted octanol–water partition coefficient (Wildman–Crippen LogP) is 1.46. The highest BCUT2D eigenvalue weighted by Gasteiger charge is 2.08. The second kappa shape index (κ2) is 6.41. The summed E-state index contributed by atoms with van der Waals surface area (Å²) in [5.41, 5.74) is 6.38. The van der Waals surface area contributed by atoms with Crippen molar-refractivity contribution in [2.45, 2.75) is 6.42 Å². The molecule has 2 heterocycles. The molecule has 24 heavy (non-hydrogen) atoms. The van der Waals surface area contributed by atoms with Crippen LogP contribution in [-0.2, 0) is 6.42 Å². The lowest BCUT2D eigenvalue weighted by molar-refractivity contribution is 0.0994. The fourth-order valence-corrected chi connectivity index (χ4v) is 2.24. The number of rotatable bonds is 4. The van der Waals surface area contributed by atoms with Gasteiger partial charge in [0.25, 0.3) is 11.5 Å². The average Bonchev–Trinajstić information content (AvgIpc) is 2.56. The summed E-state index contributed by atoms with van der Waals surface area (Å²) >= 11 is 0. The first-order chi connectivity index (χ1) is 11.5. The smallest absolute Gasteiger partial charge is 0.272 e. The molecular formula is C17H13FN4O2. The normalized spacial score (nSPS) is 10.5. The Hall–Kier alpha value is -3.35. The molecule has 1 amide bonds. The van der Waals surface area contributed by atoms with E-state index in [2.05, 4.69) is 10.1 Å². The summed E-state index contributed by atoms with van der Waals surface area (Å²) in [5.74, 6) is -0.756. The van der Waals surface area contributed by atoms with Crippen molar-refractivity contribution in [1.29, 1.82) is 0 Å². The van der Waals surface area contributed by atoms with Gasteiger partial charge >= 0.3 is 0 Å². The van der Waals surface area contributed by atoms with Gasteiger partial charge in [-0.3, -0.25) is 9.59 Å². The molecular weight excluding hydrogens is 311 g/mol. The minimum absolute atomic E-state index is 0.0276. The van der Waals surface area contributed by atoms with E-state index in [0.717, 1.165) is 15.8 Å². The number of amides is 1. The minimum atomic E-state index is -0.730. The zero-order valence-electron chi connectivity index (χ0n) is 12.5. The predicted molar refractivity (Wildman–Crippen MR) is 85.4 cm³/mol. The molecule has 0 radical (unpaired) electrons. The van der Waals surface area contributed by atoms with Crippen LogP contribution in [0.2, 0.25) is 0 Å². The summed E-state index contributed by atoms with van der Waals surface area (Å²) in [4.78, 5) is 27.2. The maximum Gasteiger partial charge on any atom is 0.272 e. The minimum Gasteiger partial charge on any atom is -0.364 e. The quantitative estimate of drug-likeness (QED) is 0.786. The second-order valence-corrected chi connectivity index (χ2v) is 5.16. The molecule has 0 fully saturated rings. The van der Waals surface area contributed by atoms with Gasteiger partial charge in [-0.2, -0.15) is 9.78 Å². The van der Waals surface area contributed by atoms with Gasteiger partial charge in [0, 0.05) is 12.3 Å². The molecule has 3 aromatic rings. The fraction of sp³-hybridized carbons (Fsp3) is 0.0588. The number of primary amides is 1. The van der Waals surface area contributed by atoms with Crippen LogP contribution >= 0.6 is 0 Å².